The summed E-state index contributed by atoms with van der Waals surface area (Å²) in [6.07, 6.45) is 0. The summed E-state index contributed by atoms with van der Waals surface area (Å²) < 4.78 is 8.21. The molecule has 102 valence electrons. The van der Waals surface area contributed by atoms with Gasteiger partial charge in [0.15, 0.2) is 0 Å². The van der Waals surface area contributed by atoms with Gasteiger partial charge in [-0.1, -0.05) is 11.6 Å². The monoisotopic (exact) mass is 391 g/mol. The Morgan fingerprint density at radius 3 is 2.84 bits per heavy atom. The van der Waals surface area contributed by atoms with Gasteiger partial charge in [-0.2, -0.15) is 5.10 Å². The number of aromatic nitrogens is 2. The maximum atomic E-state index is 5.94. The highest BCUT2D eigenvalue weighted by Crippen LogP contribution is 2.25. The summed E-state index contributed by atoms with van der Waals surface area (Å²) in [5.41, 5.74) is 3.09. The van der Waals surface area contributed by atoms with E-state index in [1.165, 1.54) is 0 Å². The predicted octanol–water partition coefficient (Wildman–Crippen LogP) is 3.61. The third kappa shape index (κ3) is 3.14. The average molecular weight is 392 g/mol. The fourth-order valence-corrected chi connectivity index (χ4v) is 3.02. The lowest BCUT2D eigenvalue weighted by Crippen LogP contribution is -2.04. The summed E-state index contributed by atoms with van der Waals surface area (Å²) in [6.45, 7) is 2.65. The molecule has 4 nitrogen and oxygen atoms in total. The number of aryl methyl sites for hydroxylation is 2. The SMILES string of the molecule is COc1c(CNc2ccc(Cl)cc2I)c(C)nn1C. The van der Waals surface area contributed by atoms with E-state index in [0.29, 0.717) is 6.54 Å². The number of nitrogens with zero attached hydrogens (tertiary/aromatic N) is 2. The topological polar surface area (TPSA) is 39.1 Å². The zero-order valence-electron chi connectivity index (χ0n) is 11.0. The van der Waals surface area contributed by atoms with Crippen molar-refractivity contribution in [2.75, 3.05) is 12.4 Å². The van der Waals surface area contributed by atoms with Gasteiger partial charge in [-0.3, -0.25) is 0 Å². The minimum Gasteiger partial charge on any atom is -0.481 e. The number of hydrogen-bond donors (Lipinski definition) is 1. The van der Waals surface area contributed by atoms with E-state index in [0.717, 1.165) is 31.4 Å². The molecule has 0 unspecified atom stereocenters. The van der Waals surface area contributed by atoms with Crippen LogP contribution in [-0.2, 0) is 13.6 Å². The van der Waals surface area contributed by atoms with Crippen molar-refractivity contribution < 1.29 is 4.74 Å². The fourth-order valence-electron chi connectivity index (χ4n) is 1.96. The van der Waals surface area contributed by atoms with Gasteiger partial charge >= 0.3 is 0 Å². The Kier molecular flexibility index (Phi) is 4.57. The molecule has 0 aliphatic rings. The number of halogens is 2. The molecular formula is C13H15ClIN3O. The second-order valence-corrected chi connectivity index (χ2v) is 5.77. The first kappa shape index (κ1) is 14.5. The van der Waals surface area contributed by atoms with Gasteiger partial charge in [0.25, 0.3) is 0 Å². The molecule has 1 heterocycles. The standard InChI is InChI=1S/C13H15ClIN3O/c1-8-10(13(19-3)18(2)17-8)7-16-12-5-4-9(14)6-11(12)15/h4-6,16H,7H2,1-3H3. The van der Waals surface area contributed by atoms with Crippen LogP contribution in [0.3, 0.4) is 0 Å². The van der Waals surface area contributed by atoms with Crippen molar-refractivity contribution in [2.45, 2.75) is 13.5 Å². The Balaban J connectivity index is 2.19. The Bertz CT molecular complexity index is 598. The lowest BCUT2D eigenvalue weighted by Gasteiger charge is -2.10. The maximum absolute atomic E-state index is 5.94. The Hall–Kier alpha value is -0.950. The molecule has 0 amide bonds. The summed E-state index contributed by atoms with van der Waals surface area (Å²) in [4.78, 5) is 0. The molecule has 1 N–H and O–H groups in total. The molecule has 1 aromatic heterocycles. The first-order valence-electron chi connectivity index (χ1n) is 5.78. The van der Waals surface area contributed by atoms with Gasteiger partial charge in [-0.25, -0.2) is 4.68 Å². The van der Waals surface area contributed by atoms with Gasteiger partial charge in [-0.05, 0) is 47.7 Å². The number of rotatable bonds is 4. The van der Waals surface area contributed by atoms with Crippen LogP contribution in [0.5, 0.6) is 5.88 Å². The number of methoxy groups -OCH3 is 1. The minimum absolute atomic E-state index is 0.667. The average Bonchev–Trinajstić information content (AvgIpc) is 2.62. The molecule has 2 rings (SSSR count). The van der Waals surface area contributed by atoms with Gasteiger partial charge in [0.2, 0.25) is 5.88 Å². The van der Waals surface area contributed by atoms with Crippen LogP contribution in [0.1, 0.15) is 11.3 Å². The molecule has 1 aromatic carbocycles. The van der Waals surface area contributed by atoms with E-state index in [9.17, 15) is 0 Å². The first-order valence-corrected chi connectivity index (χ1v) is 7.24. The summed E-state index contributed by atoms with van der Waals surface area (Å²) in [5.74, 6) is 0.786. The van der Waals surface area contributed by atoms with E-state index < -0.39 is 0 Å². The molecule has 0 spiro atoms. The van der Waals surface area contributed by atoms with Crippen molar-refractivity contribution in [3.05, 3.63) is 38.0 Å². The lowest BCUT2D eigenvalue weighted by molar-refractivity contribution is 0.370. The molecule has 0 aliphatic carbocycles. The summed E-state index contributed by atoms with van der Waals surface area (Å²) >= 11 is 8.21. The quantitative estimate of drug-likeness (QED) is 0.809. The molecule has 0 aliphatic heterocycles. The number of hydrogen-bond acceptors (Lipinski definition) is 3. The molecule has 0 radical (unpaired) electrons. The number of ether oxygens (including phenoxy) is 1. The van der Waals surface area contributed by atoms with Crippen molar-refractivity contribution in [1.29, 1.82) is 0 Å². The van der Waals surface area contributed by atoms with Crippen LogP contribution in [0, 0.1) is 10.5 Å². The second kappa shape index (κ2) is 6.00. The van der Waals surface area contributed by atoms with Crippen molar-refractivity contribution in [2.24, 2.45) is 7.05 Å². The van der Waals surface area contributed by atoms with Gasteiger partial charge < -0.3 is 10.1 Å². The maximum Gasteiger partial charge on any atom is 0.216 e. The van der Waals surface area contributed by atoms with Gasteiger partial charge in [0, 0.05) is 27.9 Å². The molecule has 0 bridgehead atoms. The highest BCUT2D eigenvalue weighted by Gasteiger charge is 2.13. The molecule has 0 saturated carbocycles. The third-order valence-corrected chi connectivity index (χ3v) is 4.00. The minimum atomic E-state index is 0.667. The highest BCUT2D eigenvalue weighted by atomic mass is 127. The van der Waals surface area contributed by atoms with Crippen LogP contribution in [0.15, 0.2) is 18.2 Å². The van der Waals surface area contributed by atoms with Crippen LogP contribution >= 0.6 is 34.2 Å². The predicted molar refractivity (Wildman–Crippen MR) is 86.0 cm³/mol. The highest BCUT2D eigenvalue weighted by molar-refractivity contribution is 14.1. The smallest absolute Gasteiger partial charge is 0.216 e. The van der Waals surface area contributed by atoms with Crippen molar-refractivity contribution in [1.82, 2.24) is 9.78 Å². The Morgan fingerprint density at radius 1 is 1.47 bits per heavy atom. The van der Waals surface area contributed by atoms with E-state index in [4.69, 9.17) is 16.3 Å². The second-order valence-electron chi connectivity index (χ2n) is 4.17. The zero-order valence-corrected chi connectivity index (χ0v) is 13.9. The van der Waals surface area contributed by atoms with Crippen LogP contribution in [0.4, 0.5) is 5.69 Å². The van der Waals surface area contributed by atoms with Gasteiger partial charge in [0.1, 0.15) is 0 Å². The van der Waals surface area contributed by atoms with Crippen LogP contribution in [0.2, 0.25) is 5.02 Å². The number of benzene rings is 1. The molecule has 0 atom stereocenters. The molecule has 0 fully saturated rings. The van der Waals surface area contributed by atoms with Crippen molar-refractivity contribution >= 4 is 39.9 Å². The van der Waals surface area contributed by atoms with Crippen LogP contribution in [0.25, 0.3) is 0 Å². The van der Waals surface area contributed by atoms with Crippen LogP contribution in [-0.4, -0.2) is 16.9 Å². The van der Waals surface area contributed by atoms with Gasteiger partial charge in [-0.15, -0.1) is 0 Å². The summed E-state index contributed by atoms with van der Waals surface area (Å²) in [7, 11) is 3.54. The van der Waals surface area contributed by atoms with E-state index in [-0.39, 0.29) is 0 Å². The fraction of sp³-hybridized carbons (Fsp3) is 0.308. The number of anilines is 1. The zero-order chi connectivity index (χ0) is 14.0. The van der Waals surface area contributed by atoms with Crippen molar-refractivity contribution in [3.8, 4) is 5.88 Å². The Morgan fingerprint density at radius 2 is 2.21 bits per heavy atom. The van der Waals surface area contributed by atoms with Crippen LogP contribution < -0.4 is 10.1 Å². The summed E-state index contributed by atoms with van der Waals surface area (Å²) in [5, 5.41) is 8.49. The van der Waals surface area contributed by atoms with E-state index >= 15 is 0 Å². The third-order valence-electron chi connectivity index (χ3n) is 2.87. The molecule has 19 heavy (non-hydrogen) atoms. The van der Waals surface area contributed by atoms with Gasteiger partial charge in [0.05, 0.1) is 18.4 Å². The largest absolute Gasteiger partial charge is 0.481 e. The van der Waals surface area contributed by atoms with E-state index in [1.54, 1.807) is 11.8 Å². The first-order chi connectivity index (χ1) is 9.02. The van der Waals surface area contributed by atoms with Crippen molar-refractivity contribution in [3.63, 3.8) is 0 Å². The molecular weight excluding hydrogens is 377 g/mol. The number of nitrogens with one attached hydrogen (secondary N) is 1. The van der Waals surface area contributed by atoms with E-state index in [2.05, 4.69) is 33.0 Å². The van der Waals surface area contributed by atoms with E-state index in [1.807, 2.05) is 32.2 Å². The Labute approximate surface area is 131 Å². The normalized spacial score (nSPS) is 10.6. The molecule has 6 heteroatoms. The summed E-state index contributed by atoms with van der Waals surface area (Å²) in [6, 6.07) is 5.78. The molecule has 2 aromatic rings. The molecule has 0 saturated heterocycles. The lowest BCUT2D eigenvalue weighted by atomic mass is 10.2.